The van der Waals surface area contributed by atoms with Crippen LogP contribution in [0.25, 0.3) is 11.5 Å². The van der Waals surface area contributed by atoms with Gasteiger partial charge in [-0.3, -0.25) is 0 Å². The van der Waals surface area contributed by atoms with E-state index in [0.717, 1.165) is 12.1 Å². The molecule has 0 saturated heterocycles. The maximum absolute atomic E-state index is 5.90. The van der Waals surface area contributed by atoms with E-state index in [-0.39, 0.29) is 6.04 Å². The molecule has 0 aliphatic rings. The van der Waals surface area contributed by atoms with Crippen molar-refractivity contribution in [2.75, 3.05) is 0 Å². The molecule has 5 heteroatoms. The first-order valence-electron chi connectivity index (χ1n) is 7.92. The monoisotopic (exact) mass is 341 g/mol. The summed E-state index contributed by atoms with van der Waals surface area (Å²) in [5, 5.41) is 8.22. The number of aromatic nitrogens is 2. The summed E-state index contributed by atoms with van der Waals surface area (Å²) in [6, 6.07) is 13.7. The van der Waals surface area contributed by atoms with Gasteiger partial charge < -0.3 is 9.84 Å². The molecule has 3 rings (SSSR count). The van der Waals surface area contributed by atoms with Gasteiger partial charge in [0, 0.05) is 17.1 Å². The predicted octanol–water partition coefficient (Wildman–Crippen LogP) is 4.86. The number of nitrogens with one attached hydrogen (secondary N) is 1. The molecule has 0 aliphatic heterocycles. The maximum atomic E-state index is 5.90. The van der Waals surface area contributed by atoms with Crippen LogP contribution in [0.2, 0.25) is 5.02 Å². The molecule has 0 spiro atoms. The lowest BCUT2D eigenvalue weighted by Crippen LogP contribution is -2.19. The summed E-state index contributed by atoms with van der Waals surface area (Å²) in [7, 11) is 0. The van der Waals surface area contributed by atoms with E-state index in [1.165, 1.54) is 16.7 Å². The quantitative estimate of drug-likeness (QED) is 0.720. The summed E-state index contributed by atoms with van der Waals surface area (Å²) < 4.78 is 5.36. The summed E-state index contributed by atoms with van der Waals surface area (Å²) in [6.07, 6.45) is 0. The first-order valence-corrected chi connectivity index (χ1v) is 8.30. The first-order chi connectivity index (χ1) is 11.5. The lowest BCUT2D eigenvalue weighted by Gasteiger charge is -2.13. The average molecular weight is 342 g/mol. The molecule has 0 bridgehead atoms. The Morgan fingerprint density at radius 2 is 1.88 bits per heavy atom. The van der Waals surface area contributed by atoms with Gasteiger partial charge in [-0.05, 0) is 61.7 Å². The van der Waals surface area contributed by atoms with Gasteiger partial charge in [-0.2, -0.15) is 4.98 Å². The zero-order valence-corrected chi connectivity index (χ0v) is 14.8. The van der Waals surface area contributed by atoms with Crippen LogP contribution in [0.15, 0.2) is 47.0 Å². The van der Waals surface area contributed by atoms with Crippen molar-refractivity contribution in [3.63, 3.8) is 0 Å². The van der Waals surface area contributed by atoms with Crippen molar-refractivity contribution in [2.24, 2.45) is 0 Å². The maximum Gasteiger partial charge on any atom is 0.257 e. The van der Waals surface area contributed by atoms with Crippen molar-refractivity contribution in [1.82, 2.24) is 15.5 Å². The number of aryl methyl sites for hydroxylation is 1. The number of nitrogens with zero attached hydrogens (tertiary/aromatic N) is 2. The molecular weight excluding hydrogens is 322 g/mol. The van der Waals surface area contributed by atoms with Crippen LogP contribution in [0.5, 0.6) is 0 Å². The minimum Gasteiger partial charge on any atom is -0.334 e. The van der Waals surface area contributed by atoms with Crippen molar-refractivity contribution in [3.8, 4) is 11.5 Å². The van der Waals surface area contributed by atoms with E-state index in [1.54, 1.807) is 0 Å². The molecule has 0 unspecified atom stereocenters. The third-order valence-corrected chi connectivity index (χ3v) is 4.49. The van der Waals surface area contributed by atoms with Crippen molar-refractivity contribution in [1.29, 1.82) is 0 Å². The molecule has 0 radical (unpaired) electrons. The van der Waals surface area contributed by atoms with Crippen LogP contribution in [0.4, 0.5) is 0 Å². The Hall–Kier alpha value is -2.17. The van der Waals surface area contributed by atoms with Crippen LogP contribution in [0, 0.1) is 13.8 Å². The van der Waals surface area contributed by atoms with Gasteiger partial charge in [-0.1, -0.05) is 35.0 Å². The molecule has 0 aliphatic carbocycles. The fraction of sp³-hybridized carbons (Fsp3) is 0.263. The summed E-state index contributed by atoms with van der Waals surface area (Å²) in [6.45, 7) is 7.06. The Morgan fingerprint density at radius 1 is 1.12 bits per heavy atom. The fourth-order valence-corrected chi connectivity index (χ4v) is 2.60. The molecule has 124 valence electrons. The van der Waals surface area contributed by atoms with Crippen LogP contribution in [0.3, 0.4) is 0 Å². The largest absolute Gasteiger partial charge is 0.334 e. The van der Waals surface area contributed by atoms with E-state index in [1.807, 2.05) is 31.2 Å². The molecule has 24 heavy (non-hydrogen) atoms. The van der Waals surface area contributed by atoms with Gasteiger partial charge in [0.15, 0.2) is 5.82 Å². The standard InChI is InChI=1S/C19H20ClN3O/c1-12-5-4-6-16(13(12)2)11-21-14(3)18-22-19(24-23-18)15-7-9-17(20)10-8-15/h4-10,14,21H,11H2,1-3H3/t14-/m1/s1. The SMILES string of the molecule is Cc1cccc(CN[C@H](C)c2noc(-c3ccc(Cl)cc3)n2)c1C. The zero-order valence-electron chi connectivity index (χ0n) is 14.0. The van der Waals surface area contributed by atoms with Crippen LogP contribution in [-0.4, -0.2) is 10.1 Å². The number of rotatable bonds is 5. The molecule has 1 aromatic heterocycles. The van der Waals surface area contributed by atoms with E-state index in [2.05, 4.69) is 47.5 Å². The second-order valence-corrected chi connectivity index (χ2v) is 6.36. The molecule has 2 aromatic carbocycles. The Balaban J connectivity index is 1.68. The minimum atomic E-state index is -0.00490. The van der Waals surface area contributed by atoms with Crippen LogP contribution in [-0.2, 0) is 6.54 Å². The summed E-state index contributed by atoms with van der Waals surface area (Å²) in [5.74, 6) is 1.15. The van der Waals surface area contributed by atoms with Crippen LogP contribution in [0.1, 0.15) is 35.5 Å². The van der Waals surface area contributed by atoms with Crippen LogP contribution < -0.4 is 5.32 Å². The second kappa shape index (κ2) is 7.16. The molecule has 0 amide bonds. The van der Waals surface area contributed by atoms with Crippen molar-refractivity contribution in [3.05, 3.63) is 70.0 Å². The normalized spacial score (nSPS) is 12.3. The number of hydrogen-bond donors (Lipinski definition) is 1. The molecule has 3 aromatic rings. The lowest BCUT2D eigenvalue weighted by molar-refractivity contribution is 0.409. The van der Waals surface area contributed by atoms with Crippen molar-refractivity contribution in [2.45, 2.75) is 33.4 Å². The lowest BCUT2D eigenvalue weighted by atomic mass is 10.0. The van der Waals surface area contributed by atoms with Crippen molar-refractivity contribution >= 4 is 11.6 Å². The Labute approximate surface area is 146 Å². The van der Waals surface area contributed by atoms with Gasteiger partial charge in [0.2, 0.25) is 0 Å². The molecule has 1 heterocycles. The Morgan fingerprint density at radius 3 is 2.62 bits per heavy atom. The number of halogens is 1. The molecule has 0 saturated carbocycles. The molecular formula is C19H20ClN3O. The number of benzene rings is 2. The Bertz CT molecular complexity index is 827. The molecule has 1 atom stereocenters. The molecule has 0 fully saturated rings. The van der Waals surface area contributed by atoms with E-state index in [4.69, 9.17) is 16.1 Å². The van der Waals surface area contributed by atoms with Gasteiger partial charge in [0.05, 0.1) is 6.04 Å². The summed E-state index contributed by atoms with van der Waals surface area (Å²) in [4.78, 5) is 4.48. The van der Waals surface area contributed by atoms with Crippen molar-refractivity contribution < 1.29 is 4.52 Å². The minimum absolute atomic E-state index is 0.00490. The highest BCUT2D eigenvalue weighted by molar-refractivity contribution is 6.30. The third-order valence-electron chi connectivity index (χ3n) is 4.24. The van der Waals surface area contributed by atoms with E-state index in [0.29, 0.717) is 16.7 Å². The summed E-state index contributed by atoms with van der Waals surface area (Å²) in [5.41, 5.74) is 4.75. The highest BCUT2D eigenvalue weighted by atomic mass is 35.5. The predicted molar refractivity (Wildman–Crippen MR) is 95.9 cm³/mol. The van der Waals surface area contributed by atoms with Gasteiger partial charge in [0.25, 0.3) is 5.89 Å². The molecule has 1 N–H and O–H groups in total. The second-order valence-electron chi connectivity index (χ2n) is 5.93. The smallest absolute Gasteiger partial charge is 0.257 e. The topological polar surface area (TPSA) is 51.0 Å². The van der Waals surface area contributed by atoms with E-state index in [9.17, 15) is 0 Å². The molecule has 4 nitrogen and oxygen atoms in total. The zero-order chi connectivity index (χ0) is 17.1. The van der Waals surface area contributed by atoms with Gasteiger partial charge >= 0.3 is 0 Å². The van der Waals surface area contributed by atoms with Gasteiger partial charge in [0.1, 0.15) is 0 Å². The average Bonchev–Trinajstić information content (AvgIpc) is 3.07. The highest BCUT2D eigenvalue weighted by Gasteiger charge is 2.15. The summed E-state index contributed by atoms with van der Waals surface area (Å²) >= 11 is 5.90. The van der Waals surface area contributed by atoms with Crippen LogP contribution >= 0.6 is 11.6 Å². The van der Waals surface area contributed by atoms with E-state index < -0.39 is 0 Å². The van der Waals surface area contributed by atoms with Gasteiger partial charge in [-0.15, -0.1) is 0 Å². The number of hydrogen-bond acceptors (Lipinski definition) is 4. The fourth-order valence-electron chi connectivity index (χ4n) is 2.48. The highest BCUT2D eigenvalue weighted by Crippen LogP contribution is 2.21. The Kier molecular flexibility index (Phi) is 4.97. The van der Waals surface area contributed by atoms with Gasteiger partial charge in [-0.25, -0.2) is 0 Å². The van der Waals surface area contributed by atoms with E-state index >= 15 is 0 Å². The third kappa shape index (κ3) is 3.66. The first kappa shape index (κ1) is 16.7.